The first-order valence-corrected chi connectivity index (χ1v) is 18.7. The van der Waals surface area contributed by atoms with Gasteiger partial charge in [0.25, 0.3) is 0 Å². The number of benzene rings is 7. The molecule has 2 heterocycles. The SMILES string of the molecule is O=P1(c2ccccc2)c2cc(-c3ccc(N4C(c5ccccc5)=NC5C=CC=CC54)cc3)ccc2Oc2c1c1ccccc1c1ccccc21. The second kappa shape index (κ2) is 11.3. The average Bonchev–Trinajstić information content (AvgIpc) is 3.58. The Morgan fingerprint density at radius 3 is 1.96 bits per heavy atom. The maximum Gasteiger partial charge on any atom is 0.179 e. The fourth-order valence-corrected chi connectivity index (χ4v) is 11.0. The molecule has 50 heavy (non-hydrogen) atoms. The Morgan fingerprint density at radius 2 is 1.20 bits per heavy atom. The molecular formula is C45H31N2O2P. The Labute approximate surface area is 290 Å². The molecule has 0 radical (unpaired) electrons. The van der Waals surface area contributed by atoms with Gasteiger partial charge in [-0.25, -0.2) is 0 Å². The fourth-order valence-electron chi connectivity index (χ4n) is 7.87. The van der Waals surface area contributed by atoms with Crippen molar-refractivity contribution in [3.8, 4) is 22.6 Å². The van der Waals surface area contributed by atoms with E-state index in [0.717, 1.165) is 65.7 Å². The maximum absolute atomic E-state index is 16.1. The Morgan fingerprint density at radius 1 is 0.580 bits per heavy atom. The summed E-state index contributed by atoms with van der Waals surface area (Å²) < 4.78 is 22.9. The van der Waals surface area contributed by atoms with Crippen LogP contribution in [0, 0.1) is 0 Å². The molecule has 0 spiro atoms. The first-order chi connectivity index (χ1) is 24.7. The van der Waals surface area contributed by atoms with E-state index in [-0.39, 0.29) is 12.1 Å². The van der Waals surface area contributed by atoms with Crippen molar-refractivity contribution < 1.29 is 9.30 Å². The number of fused-ring (bicyclic) bond motifs is 8. The van der Waals surface area contributed by atoms with Crippen molar-refractivity contribution in [2.75, 3.05) is 4.90 Å². The van der Waals surface area contributed by atoms with Crippen LogP contribution in [0.3, 0.4) is 0 Å². The predicted octanol–water partition coefficient (Wildman–Crippen LogP) is 9.54. The van der Waals surface area contributed by atoms with E-state index in [1.165, 1.54) is 0 Å². The molecule has 3 aliphatic rings. The molecule has 238 valence electrons. The number of anilines is 1. The molecule has 7 aromatic carbocycles. The largest absolute Gasteiger partial charge is 0.455 e. The zero-order valence-electron chi connectivity index (χ0n) is 27.1. The van der Waals surface area contributed by atoms with Crippen LogP contribution < -0.4 is 25.6 Å². The average molecular weight is 663 g/mol. The number of ether oxygens (including phenoxy) is 1. The number of rotatable bonds is 4. The molecule has 0 N–H and O–H groups in total. The molecule has 0 bridgehead atoms. The third kappa shape index (κ3) is 4.32. The minimum Gasteiger partial charge on any atom is -0.455 e. The summed E-state index contributed by atoms with van der Waals surface area (Å²) >= 11 is 0. The Kier molecular flexibility index (Phi) is 6.55. The summed E-state index contributed by atoms with van der Waals surface area (Å²) in [6.07, 6.45) is 8.59. The van der Waals surface area contributed by atoms with Crippen LogP contribution in [0.4, 0.5) is 5.69 Å². The van der Waals surface area contributed by atoms with Gasteiger partial charge in [0, 0.05) is 21.9 Å². The molecule has 10 rings (SSSR count). The zero-order valence-corrected chi connectivity index (χ0v) is 28.0. The van der Waals surface area contributed by atoms with Crippen LogP contribution in [0.5, 0.6) is 11.5 Å². The molecular weight excluding hydrogens is 631 g/mol. The van der Waals surface area contributed by atoms with Crippen LogP contribution in [0.15, 0.2) is 181 Å². The van der Waals surface area contributed by atoms with Crippen molar-refractivity contribution in [1.82, 2.24) is 0 Å². The van der Waals surface area contributed by atoms with Gasteiger partial charge in [0.05, 0.1) is 22.7 Å². The minimum absolute atomic E-state index is 0.0683. The van der Waals surface area contributed by atoms with Crippen molar-refractivity contribution in [3.05, 3.63) is 182 Å². The molecule has 0 amide bonds. The summed E-state index contributed by atoms with van der Waals surface area (Å²) in [5.74, 6) is 2.29. The normalized spacial score (nSPS) is 20.2. The van der Waals surface area contributed by atoms with Crippen molar-refractivity contribution in [2.24, 2.45) is 4.99 Å². The van der Waals surface area contributed by atoms with E-state index in [1.54, 1.807) is 0 Å². The Hall–Kier alpha value is -5.96. The number of allylic oxidation sites excluding steroid dienone is 2. The van der Waals surface area contributed by atoms with Gasteiger partial charge >= 0.3 is 0 Å². The van der Waals surface area contributed by atoms with E-state index in [0.29, 0.717) is 11.5 Å². The van der Waals surface area contributed by atoms with Gasteiger partial charge in [0.2, 0.25) is 0 Å². The Balaban J connectivity index is 1.11. The fraction of sp³-hybridized carbons (Fsp3) is 0.0444. The van der Waals surface area contributed by atoms with Gasteiger partial charge in [-0.15, -0.1) is 0 Å². The molecule has 4 nitrogen and oxygen atoms in total. The van der Waals surface area contributed by atoms with E-state index in [9.17, 15) is 0 Å². The molecule has 7 aromatic rings. The summed E-state index contributed by atoms with van der Waals surface area (Å²) in [5.41, 5.74) is 4.20. The van der Waals surface area contributed by atoms with Gasteiger partial charge in [-0.1, -0.05) is 152 Å². The van der Waals surface area contributed by atoms with E-state index in [4.69, 9.17) is 9.73 Å². The van der Waals surface area contributed by atoms with Gasteiger partial charge in [-0.2, -0.15) is 0 Å². The lowest BCUT2D eigenvalue weighted by Crippen LogP contribution is -2.39. The highest BCUT2D eigenvalue weighted by Crippen LogP contribution is 2.55. The summed E-state index contributed by atoms with van der Waals surface area (Å²) in [6, 6.07) is 51.9. The lowest BCUT2D eigenvalue weighted by Gasteiger charge is -2.32. The van der Waals surface area contributed by atoms with Gasteiger partial charge in [-0.3, -0.25) is 4.99 Å². The van der Waals surface area contributed by atoms with Crippen LogP contribution in [0.2, 0.25) is 0 Å². The third-order valence-electron chi connectivity index (χ3n) is 10.2. The zero-order chi connectivity index (χ0) is 33.2. The van der Waals surface area contributed by atoms with Gasteiger partial charge in [0.1, 0.15) is 17.3 Å². The highest BCUT2D eigenvalue weighted by molar-refractivity contribution is 7.86. The maximum atomic E-state index is 16.1. The highest BCUT2D eigenvalue weighted by atomic mass is 31.2. The lowest BCUT2D eigenvalue weighted by atomic mass is 10.0. The molecule has 0 fully saturated rings. The number of nitrogens with zero attached hydrogens (tertiary/aromatic N) is 2. The van der Waals surface area contributed by atoms with Gasteiger partial charge < -0.3 is 14.2 Å². The molecule has 1 aliphatic carbocycles. The van der Waals surface area contributed by atoms with Crippen molar-refractivity contribution in [1.29, 1.82) is 0 Å². The molecule has 0 saturated carbocycles. The van der Waals surface area contributed by atoms with Crippen LogP contribution in [0.25, 0.3) is 32.7 Å². The van der Waals surface area contributed by atoms with Crippen molar-refractivity contribution >= 4 is 56.1 Å². The second-order valence-corrected chi connectivity index (χ2v) is 15.6. The summed E-state index contributed by atoms with van der Waals surface area (Å²) in [4.78, 5) is 7.46. The topological polar surface area (TPSA) is 41.9 Å². The second-order valence-electron chi connectivity index (χ2n) is 13.0. The Bertz CT molecular complexity index is 2610. The van der Waals surface area contributed by atoms with Crippen molar-refractivity contribution in [2.45, 2.75) is 12.1 Å². The van der Waals surface area contributed by atoms with E-state index in [2.05, 4.69) is 114 Å². The molecule has 3 atom stereocenters. The number of hydrogen-bond donors (Lipinski definition) is 0. The summed E-state index contributed by atoms with van der Waals surface area (Å²) in [5, 5.41) is 6.37. The van der Waals surface area contributed by atoms with Gasteiger partial charge in [0.15, 0.2) is 7.14 Å². The van der Waals surface area contributed by atoms with Crippen LogP contribution in [0.1, 0.15) is 5.56 Å². The molecule has 0 aromatic heterocycles. The minimum atomic E-state index is -3.39. The third-order valence-corrected chi connectivity index (χ3v) is 13.3. The first-order valence-electron chi connectivity index (χ1n) is 17.0. The molecule has 0 saturated heterocycles. The van der Waals surface area contributed by atoms with Crippen LogP contribution >= 0.6 is 7.14 Å². The number of hydrogen-bond acceptors (Lipinski definition) is 4. The van der Waals surface area contributed by atoms with E-state index in [1.807, 2.05) is 66.7 Å². The summed E-state index contributed by atoms with van der Waals surface area (Å²) in [6.45, 7) is 0. The number of amidine groups is 1. The van der Waals surface area contributed by atoms with E-state index < -0.39 is 7.14 Å². The highest BCUT2D eigenvalue weighted by Gasteiger charge is 2.42. The quantitative estimate of drug-likeness (QED) is 0.139. The molecule has 5 heteroatoms. The predicted molar refractivity (Wildman–Crippen MR) is 208 cm³/mol. The van der Waals surface area contributed by atoms with Crippen molar-refractivity contribution in [3.63, 3.8) is 0 Å². The standard InChI is InChI=1S/C45H31N2O2P/c48-50(34-15-5-2-6-16-34)42-29-32(25-28-41(42)49-43-37-19-9-7-17-35(37)36-18-8-10-20-38(36)44(43)50)30-23-26-33(27-24-30)47-40-22-12-11-21-39(40)46-45(47)31-13-3-1-4-14-31/h1-29,39-40H. The van der Waals surface area contributed by atoms with E-state index >= 15 is 4.57 Å². The molecule has 2 aliphatic heterocycles. The first kappa shape index (κ1) is 29.0. The van der Waals surface area contributed by atoms with Crippen LogP contribution in [-0.2, 0) is 4.57 Å². The van der Waals surface area contributed by atoms with Crippen LogP contribution in [-0.4, -0.2) is 17.9 Å². The number of aliphatic imine (C=N–C) groups is 1. The smallest absolute Gasteiger partial charge is 0.179 e. The lowest BCUT2D eigenvalue weighted by molar-refractivity contribution is 0.491. The monoisotopic (exact) mass is 662 g/mol. The van der Waals surface area contributed by atoms with Gasteiger partial charge in [-0.05, 0) is 51.6 Å². The molecule has 3 unspecified atom stereocenters. The summed E-state index contributed by atoms with van der Waals surface area (Å²) in [7, 11) is -3.39.